The molecular formula is C84H123N9O20. The van der Waals surface area contributed by atoms with Gasteiger partial charge in [-0.3, -0.25) is 38.4 Å². The standard InChI is InChI=1S/C84H123N9O20/c1-6-39-103-43-47-107-51-55-111-56-54-110-50-46-106-42-38-93-74-25-8-7-9-26-76(80(74)90-91-93)112-61-77(97)86-36-15-14-20-67(82(100)89-79(62(2)3)75(96)58-68(22-16-37-87-84(85)102)81(99)88-70-31-27-64(28-32-70)60-113-83(101)63(4)5)57-72(95)35-41-105-45-49-109-53-52-108-48-44-104-40-17-23-71(94)33-34-78(98)92-59-69-21-11-10-18-65(69)29-30-66-19-12-13-24-73(66)92/h10-13,18-19,21,24,27-28,31-32,62-63,67-68,76,79H,6-9,14-17,20,22-23,25-26,33-61H2,1-5H3,(H,86,97)(H,88,99)(H,89,100)(H3,85,87,102)/t67-,68+,76?,79-/m0/s1. The van der Waals surface area contributed by atoms with Crippen molar-refractivity contribution in [3.8, 4) is 11.8 Å². The highest BCUT2D eigenvalue weighted by molar-refractivity contribution is 5.99. The molecule has 0 saturated carbocycles. The number of esters is 1. The second-order valence-electron chi connectivity index (χ2n) is 28.6. The van der Waals surface area contributed by atoms with Crippen LogP contribution < -0.4 is 31.9 Å². The molecule has 29 heteroatoms. The lowest BCUT2D eigenvalue weighted by molar-refractivity contribution is -0.148. The fourth-order valence-electron chi connectivity index (χ4n) is 12.5. The fraction of sp³-hybridized carbons (Fsp3) is 0.631. The molecule has 0 radical (unpaired) electrons. The molecule has 0 saturated heterocycles. The van der Waals surface area contributed by atoms with Gasteiger partial charge >= 0.3 is 12.0 Å². The molecule has 624 valence electrons. The third-order valence-corrected chi connectivity index (χ3v) is 18.8. The number of nitrogens with two attached hydrogens (primary N) is 1. The van der Waals surface area contributed by atoms with Crippen molar-refractivity contribution in [3.05, 3.63) is 106 Å². The number of rotatable bonds is 61. The Morgan fingerprint density at radius 1 is 0.575 bits per heavy atom. The molecular weight excluding hydrogens is 1450 g/mol. The lowest BCUT2D eigenvalue weighted by Gasteiger charge is -2.26. The van der Waals surface area contributed by atoms with Gasteiger partial charge in [-0.15, -0.1) is 5.10 Å². The van der Waals surface area contributed by atoms with Crippen LogP contribution in [0.5, 0.6) is 0 Å². The van der Waals surface area contributed by atoms with Crippen LogP contribution in [0.25, 0.3) is 0 Å². The smallest absolute Gasteiger partial charge is 0.312 e. The van der Waals surface area contributed by atoms with Gasteiger partial charge in [0, 0.05) is 93.5 Å². The highest BCUT2D eigenvalue weighted by Gasteiger charge is 2.33. The van der Waals surface area contributed by atoms with Gasteiger partial charge in [-0.1, -0.05) is 113 Å². The van der Waals surface area contributed by atoms with Crippen LogP contribution in [0.1, 0.15) is 184 Å². The number of hydrogen-bond acceptors (Lipinski definition) is 22. The lowest BCUT2D eigenvalue weighted by Crippen LogP contribution is -2.48. The zero-order chi connectivity index (χ0) is 81.1. The Morgan fingerprint density at radius 3 is 1.82 bits per heavy atom. The molecule has 3 aromatic carbocycles. The number of carbonyl (C=O) groups excluding carboxylic acids is 9. The Balaban J connectivity index is 0.918. The van der Waals surface area contributed by atoms with Crippen molar-refractivity contribution < 1.29 is 95.3 Å². The van der Waals surface area contributed by atoms with Crippen molar-refractivity contribution in [2.75, 3.05) is 149 Å². The minimum absolute atomic E-state index is 0.00805. The number of ketones is 3. The average Bonchev–Trinajstić information content (AvgIpc) is 1.73. The molecule has 29 nitrogen and oxygen atoms in total. The number of primary amides is 1. The number of fused-ring (bicyclic) bond motifs is 3. The zero-order valence-corrected chi connectivity index (χ0v) is 67.1. The summed E-state index contributed by atoms with van der Waals surface area (Å²) >= 11 is 0. The van der Waals surface area contributed by atoms with Crippen LogP contribution in [0.15, 0.2) is 72.8 Å². The summed E-state index contributed by atoms with van der Waals surface area (Å²) in [5.41, 5.74) is 11.5. The maximum atomic E-state index is 14.5. The van der Waals surface area contributed by atoms with E-state index in [1.807, 2.05) is 53.2 Å². The predicted molar refractivity (Wildman–Crippen MR) is 423 cm³/mol. The highest BCUT2D eigenvalue weighted by atomic mass is 16.6. The molecule has 0 bridgehead atoms. The Hall–Kier alpha value is -8.41. The van der Waals surface area contributed by atoms with Crippen LogP contribution >= 0.6 is 0 Å². The Bertz CT molecular complexity index is 3560. The lowest BCUT2D eigenvalue weighted by atomic mass is 9.88. The molecule has 1 aliphatic carbocycles. The van der Waals surface area contributed by atoms with Gasteiger partial charge in [0.2, 0.25) is 23.6 Å². The minimum atomic E-state index is -1.03. The fourth-order valence-corrected chi connectivity index (χ4v) is 12.5. The molecule has 6 amide bonds. The van der Waals surface area contributed by atoms with Gasteiger partial charge < -0.3 is 84.0 Å². The van der Waals surface area contributed by atoms with Crippen molar-refractivity contribution in [3.63, 3.8) is 0 Å². The van der Waals surface area contributed by atoms with Crippen LogP contribution in [-0.2, 0) is 117 Å². The monoisotopic (exact) mass is 1580 g/mol. The van der Waals surface area contributed by atoms with Crippen LogP contribution in [0.2, 0.25) is 0 Å². The first-order chi connectivity index (χ1) is 54.9. The third kappa shape index (κ3) is 38.1. The van der Waals surface area contributed by atoms with E-state index < -0.39 is 53.5 Å². The molecule has 4 atom stereocenters. The summed E-state index contributed by atoms with van der Waals surface area (Å²) in [7, 11) is 0. The van der Waals surface area contributed by atoms with E-state index >= 15 is 0 Å². The number of ether oxygens (including phenoxy) is 11. The number of nitrogens with one attached hydrogen (secondary N) is 4. The number of Topliss-reactive ketones (excluding diaryl/α,β-unsaturated/α-hetero) is 3. The summed E-state index contributed by atoms with van der Waals surface area (Å²) in [5.74, 6) is 1.57. The van der Waals surface area contributed by atoms with Gasteiger partial charge in [0.05, 0.1) is 142 Å². The second-order valence-corrected chi connectivity index (χ2v) is 28.6. The van der Waals surface area contributed by atoms with Crippen LogP contribution in [0.3, 0.4) is 0 Å². The number of para-hydroxylation sites is 1. The first-order valence-corrected chi connectivity index (χ1v) is 40.4. The maximum absolute atomic E-state index is 14.5. The van der Waals surface area contributed by atoms with Crippen molar-refractivity contribution in [1.82, 2.24) is 30.9 Å². The average molecular weight is 1580 g/mol. The number of nitrogens with zero attached hydrogens (tertiary/aromatic N) is 4. The van der Waals surface area contributed by atoms with Crippen LogP contribution in [0.4, 0.5) is 16.2 Å². The van der Waals surface area contributed by atoms with Gasteiger partial charge in [-0.25, -0.2) is 9.48 Å². The summed E-state index contributed by atoms with van der Waals surface area (Å²) in [6, 6.07) is 20.3. The van der Waals surface area contributed by atoms with E-state index in [1.165, 1.54) is 0 Å². The van der Waals surface area contributed by atoms with E-state index in [4.69, 9.17) is 57.8 Å². The van der Waals surface area contributed by atoms with Gasteiger partial charge in [0.1, 0.15) is 36.6 Å². The normalized spacial score (nSPS) is 14.0. The quantitative estimate of drug-likeness (QED) is 0.0156. The van der Waals surface area contributed by atoms with Crippen molar-refractivity contribution >= 4 is 64.4 Å². The number of unbranched alkanes of at least 4 members (excludes halogenated alkanes) is 1. The molecule has 1 aliphatic heterocycles. The number of urea groups is 1. The van der Waals surface area contributed by atoms with E-state index in [-0.39, 0.29) is 126 Å². The number of carbonyl (C=O) groups is 9. The Morgan fingerprint density at radius 2 is 1.17 bits per heavy atom. The number of anilines is 2. The zero-order valence-electron chi connectivity index (χ0n) is 67.1. The molecule has 113 heavy (non-hydrogen) atoms. The summed E-state index contributed by atoms with van der Waals surface area (Å²) in [4.78, 5) is 122. The molecule has 4 aromatic rings. The first kappa shape index (κ1) is 93.5. The Labute approximate surface area is 666 Å². The van der Waals surface area contributed by atoms with Crippen molar-refractivity contribution in [1.29, 1.82) is 0 Å². The molecule has 2 heterocycles. The van der Waals surface area contributed by atoms with E-state index in [9.17, 15) is 43.2 Å². The number of amides is 6. The molecule has 6 rings (SSSR count). The SMILES string of the molecule is CCCOCCOCCOCCOCCOCCn1nnc2c1CCCCCC2OCC(=O)NCCCC[C@@H](CC(=O)CCOCCOCCOCCOCCCC(=O)CCC(=O)N1Cc2ccccc2C#Cc2ccccc21)C(=O)N[C@H](C(=O)C[C@@H](CCCNC(N)=O)C(=O)Nc1ccc(COC(=O)C(C)C)cc1)C(C)C. The van der Waals surface area contributed by atoms with Gasteiger partial charge in [0.25, 0.3) is 0 Å². The second kappa shape index (κ2) is 56.0. The molecule has 6 N–H and O–H groups in total. The number of hydrogen-bond donors (Lipinski definition) is 5. The molecule has 0 spiro atoms. The highest BCUT2D eigenvalue weighted by Crippen LogP contribution is 2.31. The maximum Gasteiger partial charge on any atom is 0.312 e. The minimum Gasteiger partial charge on any atom is -0.461 e. The number of benzene rings is 3. The van der Waals surface area contributed by atoms with E-state index in [0.717, 1.165) is 72.5 Å². The number of aromatic nitrogens is 3. The first-order valence-electron chi connectivity index (χ1n) is 40.4. The molecule has 2 aliphatic rings. The summed E-state index contributed by atoms with van der Waals surface area (Å²) in [6.07, 6.45) is 7.15. The van der Waals surface area contributed by atoms with E-state index in [2.05, 4.69) is 50.3 Å². The predicted octanol–water partition coefficient (Wildman–Crippen LogP) is 8.84. The van der Waals surface area contributed by atoms with Crippen LogP contribution in [-0.4, -0.2) is 213 Å². The Kier molecular flexibility index (Phi) is 46.3. The van der Waals surface area contributed by atoms with Crippen molar-refractivity contribution in [2.24, 2.45) is 29.4 Å². The summed E-state index contributed by atoms with van der Waals surface area (Å²) in [6.45, 7) is 17.4. The summed E-state index contributed by atoms with van der Waals surface area (Å²) in [5, 5.41) is 20.3. The van der Waals surface area contributed by atoms with Gasteiger partial charge in [-0.05, 0) is 105 Å². The van der Waals surface area contributed by atoms with E-state index in [1.54, 1.807) is 56.9 Å². The third-order valence-electron chi connectivity index (χ3n) is 18.8. The molecule has 1 aromatic heterocycles. The molecule has 1 unspecified atom stereocenters. The molecule has 0 fully saturated rings. The van der Waals surface area contributed by atoms with Crippen molar-refractivity contribution in [2.45, 2.75) is 182 Å². The summed E-state index contributed by atoms with van der Waals surface area (Å²) < 4.78 is 64.1. The van der Waals surface area contributed by atoms with E-state index in [0.29, 0.717) is 155 Å². The topological polar surface area (TPSA) is 363 Å². The van der Waals surface area contributed by atoms with Crippen LogP contribution in [0, 0.1) is 35.5 Å². The van der Waals surface area contributed by atoms with Gasteiger partial charge in [0.15, 0.2) is 5.78 Å². The largest absolute Gasteiger partial charge is 0.461 e. The van der Waals surface area contributed by atoms with Gasteiger partial charge in [-0.2, -0.15) is 0 Å².